The van der Waals surface area contributed by atoms with E-state index in [0.717, 1.165) is 39.1 Å². The normalized spacial score (nSPS) is 32.0. The molecule has 2 aliphatic heterocycles. The van der Waals surface area contributed by atoms with Crippen LogP contribution in [-0.2, 0) is 14.2 Å². The molecule has 0 aliphatic carbocycles. The Morgan fingerprint density at radius 2 is 2.07 bits per heavy atom. The second-order valence-electron chi connectivity index (χ2n) is 4.23. The third kappa shape index (κ3) is 4.07. The highest BCUT2D eigenvalue weighted by Crippen LogP contribution is 2.14. The second-order valence-corrected chi connectivity index (χ2v) is 4.23. The highest BCUT2D eigenvalue weighted by atomic mass is 16.7. The second kappa shape index (κ2) is 6.43. The molecule has 2 rings (SSSR count). The summed E-state index contributed by atoms with van der Waals surface area (Å²) in [7, 11) is 0. The van der Waals surface area contributed by atoms with Crippen molar-refractivity contribution in [2.45, 2.75) is 37.9 Å². The van der Waals surface area contributed by atoms with Crippen molar-refractivity contribution in [3.8, 4) is 0 Å². The van der Waals surface area contributed by atoms with Crippen molar-refractivity contribution in [3.63, 3.8) is 0 Å². The molecule has 2 atom stereocenters. The zero-order valence-electron chi connectivity index (χ0n) is 9.24. The van der Waals surface area contributed by atoms with Crippen LogP contribution >= 0.6 is 0 Å². The van der Waals surface area contributed by atoms with Gasteiger partial charge in [0.05, 0.1) is 18.8 Å². The van der Waals surface area contributed by atoms with Crippen LogP contribution < -0.4 is 5.32 Å². The fourth-order valence-electron chi connectivity index (χ4n) is 2.06. The zero-order valence-corrected chi connectivity index (χ0v) is 9.24. The van der Waals surface area contributed by atoms with E-state index < -0.39 is 0 Å². The van der Waals surface area contributed by atoms with Crippen molar-refractivity contribution >= 4 is 0 Å². The number of hydrogen-bond acceptors (Lipinski definition) is 4. The summed E-state index contributed by atoms with van der Waals surface area (Å²) < 4.78 is 16.1. The highest BCUT2D eigenvalue weighted by molar-refractivity contribution is 4.68. The Hall–Kier alpha value is -0.160. The molecule has 0 radical (unpaired) electrons. The minimum atomic E-state index is 0.336. The fraction of sp³-hybridized carbons (Fsp3) is 1.00. The summed E-state index contributed by atoms with van der Waals surface area (Å²) in [5.41, 5.74) is 0. The first kappa shape index (κ1) is 11.3. The van der Waals surface area contributed by atoms with Crippen LogP contribution in [0.4, 0.5) is 0 Å². The molecule has 0 amide bonds. The molecule has 0 aromatic carbocycles. The van der Waals surface area contributed by atoms with Gasteiger partial charge in [-0.15, -0.1) is 0 Å². The van der Waals surface area contributed by atoms with Crippen molar-refractivity contribution in [1.82, 2.24) is 5.32 Å². The minimum absolute atomic E-state index is 0.336. The number of rotatable bonds is 5. The average Bonchev–Trinajstić information content (AvgIpc) is 2.79. The smallest absolute Gasteiger partial charge is 0.147 e. The lowest BCUT2D eigenvalue weighted by Gasteiger charge is -2.23. The van der Waals surface area contributed by atoms with Gasteiger partial charge in [-0.1, -0.05) is 0 Å². The summed E-state index contributed by atoms with van der Waals surface area (Å²) in [4.78, 5) is 0. The SMILES string of the molecule is C1COC(CCNCC2CCOCO2)C1. The van der Waals surface area contributed by atoms with Crippen LogP contribution in [0, 0.1) is 0 Å². The Balaban J connectivity index is 1.47. The molecule has 1 N–H and O–H groups in total. The molecule has 0 aromatic rings. The molecule has 0 saturated carbocycles. The van der Waals surface area contributed by atoms with Crippen LogP contribution in [-0.4, -0.2) is 45.3 Å². The van der Waals surface area contributed by atoms with E-state index in [9.17, 15) is 0 Å². The highest BCUT2D eigenvalue weighted by Gasteiger charge is 2.16. The molecule has 2 unspecified atom stereocenters. The van der Waals surface area contributed by atoms with Crippen molar-refractivity contribution in [3.05, 3.63) is 0 Å². The third-order valence-corrected chi connectivity index (χ3v) is 3.01. The van der Waals surface area contributed by atoms with Crippen LogP contribution in [0.3, 0.4) is 0 Å². The number of hydrogen-bond donors (Lipinski definition) is 1. The largest absolute Gasteiger partial charge is 0.378 e. The first-order valence-electron chi connectivity index (χ1n) is 5.97. The van der Waals surface area contributed by atoms with Gasteiger partial charge >= 0.3 is 0 Å². The molecule has 0 spiro atoms. The summed E-state index contributed by atoms with van der Waals surface area (Å²) in [5.74, 6) is 0. The van der Waals surface area contributed by atoms with E-state index in [-0.39, 0.29) is 0 Å². The summed E-state index contributed by atoms with van der Waals surface area (Å²) in [6.45, 7) is 4.21. The van der Waals surface area contributed by atoms with Gasteiger partial charge in [0, 0.05) is 13.2 Å². The van der Waals surface area contributed by atoms with E-state index in [0.29, 0.717) is 19.0 Å². The standard InChI is InChI=1S/C11H21NO3/c1-2-10(14-6-1)3-5-12-8-11-4-7-13-9-15-11/h10-12H,1-9H2. The van der Waals surface area contributed by atoms with Gasteiger partial charge in [-0.2, -0.15) is 0 Å². The Kier molecular flexibility index (Phi) is 4.86. The monoisotopic (exact) mass is 215 g/mol. The topological polar surface area (TPSA) is 39.7 Å². The molecule has 4 nitrogen and oxygen atoms in total. The van der Waals surface area contributed by atoms with Crippen LogP contribution in [0.15, 0.2) is 0 Å². The lowest BCUT2D eigenvalue weighted by molar-refractivity contribution is -0.137. The summed E-state index contributed by atoms with van der Waals surface area (Å²) in [6, 6.07) is 0. The molecule has 0 aromatic heterocycles. The van der Waals surface area contributed by atoms with Crippen molar-refractivity contribution < 1.29 is 14.2 Å². The predicted octanol–water partition coefficient (Wildman–Crippen LogP) is 0.908. The van der Waals surface area contributed by atoms with Gasteiger partial charge in [-0.25, -0.2) is 0 Å². The molecule has 2 fully saturated rings. The molecule has 2 aliphatic rings. The van der Waals surface area contributed by atoms with Gasteiger partial charge in [0.1, 0.15) is 6.79 Å². The summed E-state index contributed by atoms with van der Waals surface area (Å²) >= 11 is 0. The number of nitrogens with one attached hydrogen (secondary N) is 1. The molecular formula is C11H21NO3. The maximum atomic E-state index is 5.55. The maximum absolute atomic E-state index is 5.55. The van der Waals surface area contributed by atoms with Gasteiger partial charge in [0.15, 0.2) is 0 Å². The lowest BCUT2D eigenvalue weighted by Crippen LogP contribution is -2.35. The summed E-state index contributed by atoms with van der Waals surface area (Å²) in [6.07, 6.45) is 5.43. The fourth-order valence-corrected chi connectivity index (χ4v) is 2.06. The molecule has 15 heavy (non-hydrogen) atoms. The maximum Gasteiger partial charge on any atom is 0.147 e. The lowest BCUT2D eigenvalue weighted by atomic mass is 10.2. The van der Waals surface area contributed by atoms with E-state index in [1.807, 2.05) is 0 Å². The van der Waals surface area contributed by atoms with Crippen LogP contribution in [0.25, 0.3) is 0 Å². The first-order valence-corrected chi connectivity index (χ1v) is 5.97. The molecular weight excluding hydrogens is 194 g/mol. The van der Waals surface area contributed by atoms with Crippen LogP contribution in [0.5, 0.6) is 0 Å². The Morgan fingerprint density at radius 1 is 1.07 bits per heavy atom. The van der Waals surface area contributed by atoms with Crippen molar-refractivity contribution in [2.75, 3.05) is 33.1 Å². The average molecular weight is 215 g/mol. The molecule has 88 valence electrons. The van der Waals surface area contributed by atoms with E-state index in [2.05, 4.69) is 5.32 Å². The van der Waals surface area contributed by atoms with E-state index in [1.54, 1.807) is 0 Å². The minimum Gasteiger partial charge on any atom is -0.378 e. The van der Waals surface area contributed by atoms with Crippen LogP contribution in [0.1, 0.15) is 25.7 Å². The van der Waals surface area contributed by atoms with E-state index in [1.165, 1.54) is 12.8 Å². The number of ether oxygens (including phenoxy) is 3. The van der Waals surface area contributed by atoms with E-state index in [4.69, 9.17) is 14.2 Å². The van der Waals surface area contributed by atoms with Gasteiger partial charge in [-0.05, 0) is 32.2 Å². The molecule has 2 heterocycles. The summed E-state index contributed by atoms with van der Waals surface area (Å²) in [5, 5.41) is 3.42. The predicted molar refractivity (Wildman–Crippen MR) is 56.8 cm³/mol. The molecule has 4 heteroatoms. The van der Waals surface area contributed by atoms with Gasteiger partial charge in [-0.3, -0.25) is 0 Å². The van der Waals surface area contributed by atoms with Gasteiger partial charge < -0.3 is 19.5 Å². The van der Waals surface area contributed by atoms with Crippen LogP contribution in [0.2, 0.25) is 0 Å². The van der Waals surface area contributed by atoms with Gasteiger partial charge in [0.2, 0.25) is 0 Å². The zero-order chi connectivity index (χ0) is 10.3. The molecule has 2 saturated heterocycles. The van der Waals surface area contributed by atoms with Crippen molar-refractivity contribution in [2.24, 2.45) is 0 Å². The Labute approximate surface area is 91.3 Å². The Morgan fingerprint density at radius 3 is 2.80 bits per heavy atom. The quantitative estimate of drug-likeness (QED) is 0.692. The van der Waals surface area contributed by atoms with Gasteiger partial charge in [0.25, 0.3) is 0 Å². The first-order chi connectivity index (χ1) is 7.45. The Bertz CT molecular complexity index is 165. The molecule has 0 bridgehead atoms. The van der Waals surface area contributed by atoms with Crippen molar-refractivity contribution in [1.29, 1.82) is 0 Å². The van der Waals surface area contributed by atoms with E-state index >= 15 is 0 Å². The third-order valence-electron chi connectivity index (χ3n) is 3.01.